The summed E-state index contributed by atoms with van der Waals surface area (Å²) in [6.45, 7) is 4.20. The summed E-state index contributed by atoms with van der Waals surface area (Å²) in [5.74, 6) is -0.827. The Morgan fingerprint density at radius 1 is 1.32 bits per heavy atom. The Hall–Kier alpha value is -3.19. The third-order valence-electron chi connectivity index (χ3n) is 6.85. The molecule has 4 heterocycles. The highest BCUT2D eigenvalue weighted by atomic mass is 35.5. The predicted molar refractivity (Wildman–Crippen MR) is 148 cm³/mol. The SMILES string of the molecule is CC1(CN)CCN(c2ncc(Sc3cccc(CC(=O)c4c(O)nc5sccn5c4=O)c3Cl)[nH]c2=O)CC1. The van der Waals surface area contributed by atoms with Crippen molar-refractivity contribution in [2.24, 2.45) is 11.1 Å². The van der Waals surface area contributed by atoms with E-state index in [1.165, 1.54) is 33.7 Å². The molecule has 0 amide bonds. The van der Waals surface area contributed by atoms with Crippen molar-refractivity contribution in [1.29, 1.82) is 0 Å². The number of nitrogens with two attached hydrogens (primary N) is 1. The number of fused-ring (bicyclic) bond motifs is 1. The van der Waals surface area contributed by atoms with Gasteiger partial charge in [-0.15, -0.1) is 11.3 Å². The van der Waals surface area contributed by atoms with Crippen molar-refractivity contribution < 1.29 is 9.90 Å². The maximum absolute atomic E-state index is 13.0. The first-order valence-corrected chi connectivity index (χ1v) is 14.0. The lowest BCUT2D eigenvalue weighted by Crippen LogP contribution is -2.44. The summed E-state index contributed by atoms with van der Waals surface area (Å²) in [7, 11) is 0. The fourth-order valence-electron chi connectivity index (χ4n) is 4.38. The Kier molecular flexibility index (Phi) is 7.32. The van der Waals surface area contributed by atoms with E-state index in [1.54, 1.807) is 29.8 Å². The van der Waals surface area contributed by atoms with Gasteiger partial charge in [0.2, 0.25) is 5.88 Å². The first-order valence-electron chi connectivity index (χ1n) is 11.9. The van der Waals surface area contributed by atoms with Gasteiger partial charge in [0.15, 0.2) is 16.6 Å². The second-order valence-electron chi connectivity index (χ2n) is 9.50. The van der Waals surface area contributed by atoms with E-state index in [0.717, 1.165) is 12.8 Å². The summed E-state index contributed by atoms with van der Waals surface area (Å²) in [6, 6.07) is 5.16. The molecule has 1 aliphatic rings. The molecular weight excluding hydrogens is 548 g/mol. The normalized spacial score (nSPS) is 15.2. The minimum Gasteiger partial charge on any atom is -0.493 e. The number of Topliss-reactive ketones (excluding diaryl/α,β-unsaturated/α-hetero) is 1. The Labute approximate surface area is 230 Å². The van der Waals surface area contributed by atoms with Crippen molar-refractivity contribution >= 4 is 51.3 Å². The Bertz CT molecular complexity index is 1640. The number of piperidine rings is 1. The van der Waals surface area contributed by atoms with Crippen molar-refractivity contribution in [2.45, 2.75) is 36.1 Å². The van der Waals surface area contributed by atoms with Crippen LogP contribution in [0.15, 0.2) is 55.5 Å². The third kappa shape index (κ3) is 5.08. The highest BCUT2D eigenvalue weighted by molar-refractivity contribution is 7.99. The number of benzene rings is 1. The second kappa shape index (κ2) is 10.5. The standard InChI is InChI=1S/C25H25ClN6O4S2/c1-25(13-27)5-7-31(8-6-25)20-22(35)29-17(12-28-20)38-16-4-2-3-14(19(16)26)11-15(33)18-21(34)30-24-32(23(18)36)9-10-37-24/h2-4,9-10,12,34H,5-8,11,13,27H2,1H3,(H,29,35). The first kappa shape index (κ1) is 26.4. The molecule has 0 saturated carbocycles. The lowest BCUT2D eigenvalue weighted by atomic mass is 9.80. The van der Waals surface area contributed by atoms with Crippen LogP contribution in [0.2, 0.25) is 5.02 Å². The van der Waals surface area contributed by atoms with Crippen LogP contribution in [-0.2, 0) is 6.42 Å². The number of halogens is 1. The zero-order valence-corrected chi connectivity index (χ0v) is 22.8. The number of ketones is 1. The molecule has 0 bridgehead atoms. The second-order valence-corrected chi connectivity index (χ2v) is 11.8. The quantitative estimate of drug-likeness (QED) is 0.284. The van der Waals surface area contributed by atoms with Crippen LogP contribution in [0.3, 0.4) is 0 Å². The number of hydrogen-bond acceptors (Lipinski definition) is 10. The monoisotopic (exact) mass is 572 g/mol. The number of H-pyrrole nitrogens is 1. The molecular formula is C25H25ClN6O4S2. The Morgan fingerprint density at radius 3 is 2.79 bits per heavy atom. The average molecular weight is 573 g/mol. The molecule has 1 saturated heterocycles. The maximum atomic E-state index is 13.0. The summed E-state index contributed by atoms with van der Waals surface area (Å²) in [6.07, 6.45) is 4.66. The van der Waals surface area contributed by atoms with Crippen LogP contribution in [0.4, 0.5) is 5.82 Å². The van der Waals surface area contributed by atoms with Gasteiger partial charge in [-0.05, 0) is 36.4 Å². The summed E-state index contributed by atoms with van der Waals surface area (Å²) >= 11 is 9.00. The number of rotatable bonds is 7. The van der Waals surface area contributed by atoms with Gasteiger partial charge in [-0.2, -0.15) is 4.98 Å². The van der Waals surface area contributed by atoms with Crippen LogP contribution in [0.5, 0.6) is 5.88 Å². The number of nitrogens with zero attached hydrogens (tertiary/aromatic N) is 4. The Morgan fingerprint density at radius 2 is 2.08 bits per heavy atom. The Balaban J connectivity index is 1.33. The van der Waals surface area contributed by atoms with E-state index >= 15 is 0 Å². The summed E-state index contributed by atoms with van der Waals surface area (Å²) in [5, 5.41) is 12.7. The van der Waals surface area contributed by atoms with E-state index in [9.17, 15) is 19.5 Å². The molecule has 10 nitrogen and oxygen atoms in total. The number of aromatic nitrogens is 4. The van der Waals surface area contributed by atoms with E-state index < -0.39 is 17.2 Å². The molecule has 1 aromatic carbocycles. The maximum Gasteiger partial charge on any atom is 0.291 e. The number of hydrogen-bond donors (Lipinski definition) is 3. The summed E-state index contributed by atoms with van der Waals surface area (Å²) in [4.78, 5) is 52.6. The highest BCUT2D eigenvalue weighted by Gasteiger charge is 2.30. The average Bonchev–Trinajstić information content (AvgIpc) is 3.36. The molecule has 4 N–H and O–H groups in total. The van der Waals surface area contributed by atoms with E-state index in [0.29, 0.717) is 50.9 Å². The minimum atomic E-state index is -0.634. The number of nitrogens with one attached hydrogen (secondary N) is 1. The molecule has 0 atom stereocenters. The van der Waals surface area contributed by atoms with Crippen molar-refractivity contribution in [3.63, 3.8) is 0 Å². The molecule has 0 radical (unpaired) electrons. The smallest absolute Gasteiger partial charge is 0.291 e. The first-order chi connectivity index (χ1) is 18.2. The number of carbonyl (C=O) groups is 1. The largest absolute Gasteiger partial charge is 0.493 e. The van der Waals surface area contributed by atoms with Gasteiger partial charge in [-0.25, -0.2) is 4.98 Å². The molecule has 4 aromatic rings. The van der Waals surface area contributed by atoms with E-state index in [2.05, 4.69) is 21.9 Å². The molecule has 3 aromatic heterocycles. The molecule has 1 aliphatic heterocycles. The third-order valence-corrected chi connectivity index (χ3v) is 9.15. The summed E-state index contributed by atoms with van der Waals surface area (Å²) < 4.78 is 1.22. The van der Waals surface area contributed by atoms with Crippen LogP contribution in [-0.4, -0.2) is 49.9 Å². The molecule has 38 heavy (non-hydrogen) atoms. The zero-order chi connectivity index (χ0) is 27.0. The van der Waals surface area contributed by atoms with Gasteiger partial charge in [-0.3, -0.25) is 18.8 Å². The lowest BCUT2D eigenvalue weighted by Gasteiger charge is -2.38. The highest BCUT2D eigenvalue weighted by Crippen LogP contribution is 2.35. The van der Waals surface area contributed by atoms with Crippen molar-refractivity contribution in [2.75, 3.05) is 24.5 Å². The molecule has 0 unspecified atom stereocenters. The number of thiazole rings is 1. The predicted octanol–water partition coefficient (Wildman–Crippen LogP) is 3.34. The molecule has 198 valence electrons. The fourth-order valence-corrected chi connectivity index (χ4v) is 6.25. The van der Waals surface area contributed by atoms with E-state index in [1.807, 2.05) is 4.90 Å². The van der Waals surface area contributed by atoms with Crippen LogP contribution >= 0.6 is 34.7 Å². The van der Waals surface area contributed by atoms with Gasteiger partial charge in [0.05, 0.1) is 16.2 Å². The van der Waals surface area contributed by atoms with Crippen molar-refractivity contribution in [3.05, 3.63) is 72.8 Å². The van der Waals surface area contributed by atoms with Crippen molar-refractivity contribution in [3.8, 4) is 5.88 Å². The van der Waals surface area contributed by atoms with Crippen LogP contribution in [0.1, 0.15) is 35.7 Å². The molecule has 0 aliphatic carbocycles. The number of aromatic amines is 1. The molecule has 13 heteroatoms. The van der Waals surface area contributed by atoms with Gasteiger partial charge < -0.3 is 20.7 Å². The minimum absolute atomic E-state index is 0.0855. The molecule has 1 fully saturated rings. The van der Waals surface area contributed by atoms with Crippen molar-refractivity contribution in [1.82, 2.24) is 19.4 Å². The van der Waals surface area contributed by atoms with Gasteiger partial charge >= 0.3 is 0 Å². The number of anilines is 1. The molecule has 5 rings (SSSR count). The number of aromatic hydroxyl groups is 1. The van der Waals surface area contributed by atoms with Gasteiger partial charge in [0.1, 0.15) is 5.56 Å². The zero-order valence-electron chi connectivity index (χ0n) is 20.4. The topological polar surface area (TPSA) is 147 Å². The fraction of sp³-hybridized carbons (Fsp3) is 0.320. The lowest BCUT2D eigenvalue weighted by molar-refractivity contribution is 0.0988. The van der Waals surface area contributed by atoms with Crippen LogP contribution < -0.4 is 21.8 Å². The van der Waals surface area contributed by atoms with E-state index in [-0.39, 0.29) is 23.0 Å². The summed E-state index contributed by atoms with van der Waals surface area (Å²) in [5.41, 5.74) is 5.14. The van der Waals surface area contributed by atoms with Gasteiger partial charge in [0.25, 0.3) is 11.1 Å². The van der Waals surface area contributed by atoms with Crippen LogP contribution in [0.25, 0.3) is 4.96 Å². The van der Waals surface area contributed by atoms with E-state index in [4.69, 9.17) is 17.3 Å². The van der Waals surface area contributed by atoms with Gasteiger partial charge in [0, 0.05) is 36.0 Å². The van der Waals surface area contributed by atoms with Crippen LogP contribution in [0, 0.1) is 5.41 Å². The molecule has 0 spiro atoms. The van der Waals surface area contributed by atoms with Gasteiger partial charge in [-0.1, -0.05) is 42.4 Å². The number of carbonyl (C=O) groups excluding carboxylic acids is 1.